The first-order chi connectivity index (χ1) is 23.5. The minimum absolute atomic E-state index is 0.826. The van der Waals surface area contributed by atoms with E-state index in [1.165, 1.54) is 76.8 Å². The monoisotopic (exact) mass is 754 g/mol. The molecule has 0 spiro atoms. The van der Waals surface area contributed by atoms with Crippen LogP contribution in [0, 0.1) is 13.8 Å². The van der Waals surface area contributed by atoms with Crippen LogP contribution in [-0.4, -0.2) is 9.52 Å². The SMILES string of the molecule is C[Si]C.Cc1cc2c(-c3ccccc3)ccc(C)c2[cH-]1.[Cl][Zr+2][Cl].c1ccc(-c2cccc3[cH-]c(-c4ccc5ccccc5c4)cc23)cc1. The van der Waals surface area contributed by atoms with Crippen LogP contribution in [0.4, 0.5) is 0 Å². The van der Waals surface area contributed by atoms with Crippen LogP contribution < -0.4 is 0 Å². The zero-order chi connectivity index (χ0) is 33.9. The normalized spacial score (nSPS) is 10.3. The molecule has 0 aliphatic carbocycles. The fourth-order valence-electron chi connectivity index (χ4n) is 6.10. The maximum atomic E-state index is 4.93. The van der Waals surface area contributed by atoms with Gasteiger partial charge in [0.05, 0.1) is 0 Å². The number of fused-ring (bicyclic) bond motifs is 3. The average Bonchev–Trinajstić information content (AvgIpc) is 3.74. The first-order valence-electron chi connectivity index (χ1n) is 16.0. The zero-order valence-electron chi connectivity index (χ0n) is 27.8. The Hall–Kier alpha value is -3.52. The van der Waals surface area contributed by atoms with Gasteiger partial charge in [0, 0.05) is 9.52 Å². The second-order valence-electron chi connectivity index (χ2n) is 11.7. The second-order valence-corrected chi connectivity index (χ2v) is 16.4. The fourth-order valence-corrected chi connectivity index (χ4v) is 6.10. The molecule has 0 unspecified atom stereocenters. The Bertz CT molecular complexity index is 2190. The smallest absolute Gasteiger partial charge is 0.0196 e. The predicted octanol–water partition coefficient (Wildman–Crippen LogP) is 14.1. The van der Waals surface area contributed by atoms with Crippen LogP contribution in [-0.2, 0) is 20.8 Å². The first kappa shape index (κ1) is 35.8. The van der Waals surface area contributed by atoms with Gasteiger partial charge in [0.1, 0.15) is 0 Å². The molecule has 2 radical (unpaired) electrons. The van der Waals surface area contributed by atoms with Gasteiger partial charge in [0.15, 0.2) is 0 Å². The molecule has 0 fully saturated rings. The van der Waals surface area contributed by atoms with E-state index >= 15 is 0 Å². The van der Waals surface area contributed by atoms with E-state index in [9.17, 15) is 0 Å². The summed E-state index contributed by atoms with van der Waals surface area (Å²) >= 11 is -0.826. The van der Waals surface area contributed by atoms with Crippen molar-refractivity contribution in [3.63, 3.8) is 0 Å². The van der Waals surface area contributed by atoms with Crippen LogP contribution in [0.3, 0.4) is 0 Å². The summed E-state index contributed by atoms with van der Waals surface area (Å²) in [4.78, 5) is 0. The maximum absolute atomic E-state index is 4.93. The van der Waals surface area contributed by atoms with E-state index in [1.54, 1.807) is 0 Å². The number of aryl methyl sites for hydroxylation is 2. The van der Waals surface area contributed by atoms with E-state index < -0.39 is 20.8 Å². The Kier molecular flexibility index (Phi) is 13.2. The second kappa shape index (κ2) is 17.8. The minimum Gasteiger partial charge on any atom is -0.144 e. The number of hydrogen-bond donors (Lipinski definition) is 0. The van der Waals surface area contributed by atoms with Crippen LogP contribution in [0.15, 0.2) is 158 Å². The topological polar surface area (TPSA) is 0 Å². The summed E-state index contributed by atoms with van der Waals surface area (Å²) in [6.45, 7) is 8.64. The van der Waals surface area contributed by atoms with Gasteiger partial charge in [-0.1, -0.05) is 165 Å². The van der Waals surface area contributed by atoms with Crippen LogP contribution in [0.1, 0.15) is 11.1 Å². The summed E-state index contributed by atoms with van der Waals surface area (Å²) < 4.78 is 0. The molecule has 0 N–H and O–H groups in total. The number of halogens is 2. The van der Waals surface area contributed by atoms with Gasteiger partial charge >= 0.3 is 37.9 Å². The molecule has 8 aromatic carbocycles. The van der Waals surface area contributed by atoms with Crippen molar-refractivity contribution in [1.82, 2.24) is 0 Å². The van der Waals surface area contributed by atoms with Gasteiger partial charge in [-0.2, -0.15) is 6.07 Å². The molecule has 4 heteroatoms. The molecule has 0 heterocycles. The molecule has 8 rings (SSSR count). The molecular formula is C44H38Cl2SiZr. The van der Waals surface area contributed by atoms with E-state index in [1.807, 2.05) is 0 Å². The van der Waals surface area contributed by atoms with E-state index in [4.69, 9.17) is 17.0 Å². The summed E-state index contributed by atoms with van der Waals surface area (Å²) in [6.07, 6.45) is 0. The zero-order valence-corrected chi connectivity index (χ0v) is 32.7. The van der Waals surface area contributed by atoms with Crippen molar-refractivity contribution >= 4 is 58.9 Å². The van der Waals surface area contributed by atoms with Gasteiger partial charge in [-0.15, -0.1) is 68.6 Å². The Morgan fingerprint density at radius 1 is 0.521 bits per heavy atom. The molecule has 0 nitrogen and oxygen atoms in total. The Labute approximate surface area is 306 Å². The summed E-state index contributed by atoms with van der Waals surface area (Å²) in [5, 5.41) is 7.93. The summed E-state index contributed by atoms with van der Waals surface area (Å²) in [5.74, 6) is 0. The van der Waals surface area contributed by atoms with Gasteiger partial charge in [-0.05, 0) is 21.9 Å². The Balaban J connectivity index is 0.000000170. The quantitative estimate of drug-likeness (QED) is 0.124. The molecule has 0 aliphatic rings. The van der Waals surface area contributed by atoms with Gasteiger partial charge in [-0.25, -0.2) is 0 Å². The maximum Gasteiger partial charge on any atom is -0.0196 e. The van der Waals surface area contributed by atoms with Crippen LogP contribution in [0.5, 0.6) is 0 Å². The molecule has 0 atom stereocenters. The third kappa shape index (κ3) is 8.73. The van der Waals surface area contributed by atoms with Crippen LogP contribution in [0.2, 0.25) is 13.1 Å². The van der Waals surface area contributed by atoms with Gasteiger partial charge in [0.2, 0.25) is 0 Å². The molecule has 48 heavy (non-hydrogen) atoms. The molecule has 0 saturated heterocycles. The average molecular weight is 757 g/mol. The van der Waals surface area contributed by atoms with Gasteiger partial charge in [0.25, 0.3) is 0 Å². The Morgan fingerprint density at radius 2 is 1.10 bits per heavy atom. The van der Waals surface area contributed by atoms with Crippen molar-refractivity contribution < 1.29 is 20.8 Å². The third-order valence-electron chi connectivity index (χ3n) is 8.25. The van der Waals surface area contributed by atoms with Crippen molar-refractivity contribution in [1.29, 1.82) is 0 Å². The van der Waals surface area contributed by atoms with E-state index in [-0.39, 0.29) is 0 Å². The fraction of sp³-hybridized carbons (Fsp3) is 0.0909. The number of hydrogen-bond acceptors (Lipinski definition) is 0. The van der Waals surface area contributed by atoms with Crippen molar-refractivity contribution in [3.05, 3.63) is 169 Å². The Morgan fingerprint density at radius 3 is 1.75 bits per heavy atom. The molecule has 0 aromatic heterocycles. The standard InChI is InChI=1S/C25H17.C17H15.C2H6Si.2ClH.Zr/c1-2-8-19(9-3-1)24-12-6-11-22-16-23(17-25(22)24)21-14-13-18-7-4-5-10-20(18)15-21;1-12-10-16-13(2)8-9-15(17(16)11-12)14-6-4-3-5-7-14;1-3-2;;;/h1-17H;3-11H,1-2H3;1-2H3;2*1H;/q2*-1;;;;+4/p-2. The molecule has 0 bridgehead atoms. The van der Waals surface area contributed by atoms with E-state index in [2.05, 4.69) is 185 Å². The third-order valence-corrected chi connectivity index (χ3v) is 8.25. The molecule has 0 saturated carbocycles. The van der Waals surface area contributed by atoms with Gasteiger partial charge in [-0.3, -0.25) is 0 Å². The van der Waals surface area contributed by atoms with E-state index in [0.717, 1.165) is 9.52 Å². The molecular weight excluding hydrogens is 719 g/mol. The number of rotatable bonds is 3. The predicted molar refractivity (Wildman–Crippen MR) is 212 cm³/mol. The van der Waals surface area contributed by atoms with Gasteiger partial charge < -0.3 is 0 Å². The molecule has 0 aliphatic heterocycles. The summed E-state index contributed by atoms with van der Waals surface area (Å²) in [5.41, 5.74) is 10.4. The molecule has 0 amide bonds. The number of benzene rings is 6. The van der Waals surface area contributed by atoms with Crippen molar-refractivity contribution in [3.8, 4) is 33.4 Å². The van der Waals surface area contributed by atoms with Crippen molar-refractivity contribution in [2.24, 2.45) is 0 Å². The summed E-state index contributed by atoms with van der Waals surface area (Å²) in [6, 6.07) is 56.6. The minimum atomic E-state index is -0.826. The van der Waals surface area contributed by atoms with Crippen molar-refractivity contribution in [2.75, 3.05) is 0 Å². The molecule has 236 valence electrons. The van der Waals surface area contributed by atoms with Crippen LogP contribution in [0.25, 0.3) is 65.7 Å². The first-order valence-corrected chi connectivity index (χ1v) is 24.3. The van der Waals surface area contributed by atoms with Crippen molar-refractivity contribution in [2.45, 2.75) is 26.9 Å². The largest absolute Gasteiger partial charge is 0.144 e. The van der Waals surface area contributed by atoms with E-state index in [0.29, 0.717) is 0 Å². The van der Waals surface area contributed by atoms with Crippen LogP contribution >= 0.6 is 17.0 Å². The molecule has 8 aromatic rings. The summed E-state index contributed by atoms with van der Waals surface area (Å²) in [7, 11) is 11.0.